The first-order valence-electron chi connectivity index (χ1n) is 7.56. The van der Waals surface area contributed by atoms with Crippen molar-refractivity contribution in [2.24, 2.45) is 23.5 Å². The maximum Gasteiger partial charge on any atom is 0.227 e. The predicted molar refractivity (Wildman–Crippen MR) is 74.1 cm³/mol. The summed E-state index contributed by atoms with van der Waals surface area (Å²) in [5.41, 5.74) is 6.18. The molecular weight excluding hydrogens is 224 g/mol. The van der Waals surface area contributed by atoms with Gasteiger partial charge in [0.25, 0.3) is 0 Å². The Labute approximate surface area is 111 Å². The SMILES string of the molecule is CC1CCC(N)C(C(=O)N2CCCC(C)C2C)C1. The van der Waals surface area contributed by atoms with E-state index in [1.165, 1.54) is 12.8 Å². The Balaban J connectivity index is 2.05. The topological polar surface area (TPSA) is 46.3 Å². The molecule has 3 heteroatoms. The van der Waals surface area contributed by atoms with Gasteiger partial charge in [-0.25, -0.2) is 0 Å². The van der Waals surface area contributed by atoms with Gasteiger partial charge in [0.15, 0.2) is 0 Å². The number of carbonyl (C=O) groups is 1. The minimum Gasteiger partial charge on any atom is -0.339 e. The first-order chi connectivity index (χ1) is 8.50. The van der Waals surface area contributed by atoms with Crippen molar-refractivity contribution < 1.29 is 4.79 Å². The summed E-state index contributed by atoms with van der Waals surface area (Å²) < 4.78 is 0. The third-order valence-corrected chi connectivity index (χ3v) is 5.14. The van der Waals surface area contributed by atoms with Gasteiger partial charge in [-0.3, -0.25) is 4.79 Å². The third kappa shape index (κ3) is 2.71. The zero-order chi connectivity index (χ0) is 13.3. The molecule has 0 aromatic carbocycles. The molecule has 1 heterocycles. The van der Waals surface area contributed by atoms with E-state index in [-0.39, 0.29) is 12.0 Å². The van der Waals surface area contributed by atoms with E-state index in [0.717, 1.165) is 25.8 Å². The molecule has 0 aromatic heterocycles. The highest BCUT2D eigenvalue weighted by Crippen LogP contribution is 2.32. The van der Waals surface area contributed by atoms with Crippen LogP contribution in [0.4, 0.5) is 0 Å². The first-order valence-corrected chi connectivity index (χ1v) is 7.56. The van der Waals surface area contributed by atoms with Gasteiger partial charge in [-0.15, -0.1) is 0 Å². The molecule has 0 spiro atoms. The summed E-state index contributed by atoms with van der Waals surface area (Å²) in [5, 5.41) is 0. The molecule has 2 N–H and O–H groups in total. The Morgan fingerprint density at radius 1 is 1.17 bits per heavy atom. The smallest absolute Gasteiger partial charge is 0.227 e. The standard InChI is InChI=1S/C15H28N2O/c1-10-6-7-14(16)13(9-10)15(18)17-8-4-5-11(2)12(17)3/h10-14H,4-9,16H2,1-3H3. The van der Waals surface area contributed by atoms with Gasteiger partial charge in [-0.05, 0) is 50.9 Å². The Kier molecular flexibility index (Phi) is 4.31. The Morgan fingerprint density at radius 3 is 2.61 bits per heavy atom. The van der Waals surface area contributed by atoms with E-state index >= 15 is 0 Å². The zero-order valence-corrected chi connectivity index (χ0v) is 12.1. The molecule has 2 fully saturated rings. The van der Waals surface area contributed by atoms with Gasteiger partial charge in [0.1, 0.15) is 0 Å². The third-order valence-electron chi connectivity index (χ3n) is 5.14. The number of nitrogens with two attached hydrogens (primary N) is 1. The van der Waals surface area contributed by atoms with Crippen molar-refractivity contribution >= 4 is 5.91 Å². The van der Waals surface area contributed by atoms with E-state index < -0.39 is 0 Å². The molecule has 1 saturated carbocycles. The minimum absolute atomic E-state index is 0.0708. The van der Waals surface area contributed by atoms with Crippen molar-refractivity contribution in [1.29, 1.82) is 0 Å². The van der Waals surface area contributed by atoms with Crippen molar-refractivity contribution in [1.82, 2.24) is 4.90 Å². The van der Waals surface area contributed by atoms with Gasteiger partial charge >= 0.3 is 0 Å². The van der Waals surface area contributed by atoms with Gasteiger partial charge in [-0.1, -0.05) is 13.8 Å². The summed E-state index contributed by atoms with van der Waals surface area (Å²) in [6, 6.07) is 0.466. The summed E-state index contributed by atoms with van der Waals surface area (Å²) in [4.78, 5) is 14.8. The first kappa shape index (κ1) is 13.9. The maximum absolute atomic E-state index is 12.7. The highest BCUT2D eigenvalue weighted by Gasteiger charge is 2.37. The number of piperidine rings is 1. The van der Waals surface area contributed by atoms with Crippen LogP contribution in [0.2, 0.25) is 0 Å². The lowest BCUT2D eigenvalue weighted by Crippen LogP contribution is -2.53. The molecule has 0 radical (unpaired) electrons. The van der Waals surface area contributed by atoms with Crippen molar-refractivity contribution in [3.63, 3.8) is 0 Å². The van der Waals surface area contributed by atoms with Crippen LogP contribution < -0.4 is 5.73 Å². The summed E-state index contributed by atoms with van der Waals surface area (Å²) >= 11 is 0. The average Bonchev–Trinajstić information content (AvgIpc) is 2.35. The van der Waals surface area contributed by atoms with Crippen molar-refractivity contribution in [3.8, 4) is 0 Å². The highest BCUT2D eigenvalue weighted by atomic mass is 16.2. The van der Waals surface area contributed by atoms with Crippen LogP contribution in [0, 0.1) is 17.8 Å². The van der Waals surface area contributed by atoms with Crippen LogP contribution in [0.25, 0.3) is 0 Å². The second-order valence-electron chi connectivity index (χ2n) is 6.58. The van der Waals surface area contributed by atoms with Gasteiger partial charge in [0.05, 0.1) is 5.92 Å². The van der Waals surface area contributed by atoms with Crippen LogP contribution in [0.3, 0.4) is 0 Å². The lowest BCUT2D eigenvalue weighted by Gasteiger charge is -2.42. The largest absolute Gasteiger partial charge is 0.339 e. The van der Waals surface area contributed by atoms with E-state index in [0.29, 0.717) is 23.8 Å². The molecule has 1 aliphatic heterocycles. The molecule has 2 rings (SSSR count). The van der Waals surface area contributed by atoms with Crippen LogP contribution >= 0.6 is 0 Å². The summed E-state index contributed by atoms with van der Waals surface area (Å²) in [5.74, 6) is 1.67. The lowest BCUT2D eigenvalue weighted by atomic mass is 9.77. The maximum atomic E-state index is 12.7. The molecule has 1 amide bonds. The fraction of sp³-hybridized carbons (Fsp3) is 0.933. The normalized spacial score (nSPS) is 41.8. The molecule has 1 saturated heterocycles. The van der Waals surface area contributed by atoms with Crippen molar-refractivity contribution in [3.05, 3.63) is 0 Å². The summed E-state index contributed by atoms with van der Waals surface area (Å²) in [7, 11) is 0. The molecule has 5 atom stereocenters. The predicted octanol–water partition coefficient (Wildman–Crippen LogP) is 2.40. The average molecular weight is 252 g/mol. The van der Waals surface area contributed by atoms with E-state index in [2.05, 4.69) is 25.7 Å². The van der Waals surface area contributed by atoms with Crippen LogP contribution in [0.15, 0.2) is 0 Å². The van der Waals surface area contributed by atoms with Crippen LogP contribution in [-0.2, 0) is 4.79 Å². The lowest BCUT2D eigenvalue weighted by molar-refractivity contribution is -0.142. The zero-order valence-electron chi connectivity index (χ0n) is 12.1. The van der Waals surface area contributed by atoms with Gasteiger partial charge in [0, 0.05) is 18.6 Å². The van der Waals surface area contributed by atoms with Crippen LogP contribution in [-0.4, -0.2) is 29.4 Å². The molecule has 1 aliphatic carbocycles. The number of likely N-dealkylation sites (tertiary alicyclic amines) is 1. The molecule has 18 heavy (non-hydrogen) atoms. The number of nitrogens with zero attached hydrogens (tertiary/aromatic N) is 1. The molecule has 2 aliphatic rings. The molecule has 5 unspecified atom stereocenters. The quantitative estimate of drug-likeness (QED) is 0.779. The Hall–Kier alpha value is -0.570. The number of hydrogen-bond acceptors (Lipinski definition) is 2. The van der Waals surface area contributed by atoms with Crippen LogP contribution in [0.5, 0.6) is 0 Å². The van der Waals surface area contributed by atoms with E-state index in [1.54, 1.807) is 0 Å². The van der Waals surface area contributed by atoms with Gasteiger partial charge in [0.2, 0.25) is 5.91 Å². The fourth-order valence-corrected chi connectivity index (χ4v) is 3.55. The summed E-state index contributed by atoms with van der Waals surface area (Å²) in [6.45, 7) is 7.63. The van der Waals surface area contributed by atoms with E-state index in [4.69, 9.17) is 5.73 Å². The van der Waals surface area contributed by atoms with Crippen molar-refractivity contribution in [2.45, 2.75) is 65.0 Å². The molecule has 0 bridgehead atoms. The number of amides is 1. The molecular formula is C15H28N2O. The van der Waals surface area contributed by atoms with Gasteiger partial charge in [-0.2, -0.15) is 0 Å². The number of carbonyl (C=O) groups excluding carboxylic acids is 1. The fourth-order valence-electron chi connectivity index (χ4n) is 3.55. The number of rotatable bonds is 1. The van der Waals surface area contributed by atoms with E-state index in [1.807, 2.05) is 0 Å². The monoisotopic (exact) mass is 252 g/mol. The molecule has 3 nitrogen and oxygen atoms in total. The highest BCUT2D eigenvalue weighted by molar-refractivity contribution is 5.80. The minimum atomic E-state index is 0.0708. The van der Waals surface area contributed by atoms with Gasteiger partial charge < -0.3 is 10.6 Å². The second-order valence-corrected chi connectivity index (χ2v) is 6.58. The number of hydrogen-bond donors (Lipinski definition) is 1. The van der Waals surface area contributed by atoms with Crippen molar-refractivity contribution in [2.75, 3.05) is 6.54 Å². The second kappa shape index (κ2) is 5.60. The molecule has 104 valence electrons. The Morgan fingerprint density at radius 2 is 1.89 bits per heavy atom. The van der Waals surface area contributed by atoms with Crippen LogP contribution in [0.1, 0.15) is 52.9 Å². The summed E-state index contributed by atoms with van der Waals surface area (Å²) in [6.07, 6.45) is 5.57. The Bertz CT molecular complexity index is 301. The molecule has 0 aromatic rings. The van der Waals surface area contributed by atoms with E-state index in [9.17, 15) is 4.79 Å².